The van der Waals surface area contributed by atoms with Gasteiger partial charge in [0.2, 0.25) is 0 Å². The van der Waals surface area contributed by atoms with Crippen LogP contribution in [0, 0.1) is 13.8 Å². The molecular weight excluding hydrogens is 480 g/mol. The first kappa shape index (κ1) is 27.5. The number of hydrogen-bond acceptors (Lipinski definition) is 4. The monoisotopic (exact) mass is 520 g/mol. The SMILES string of the molecule is CC.Cc1cc(CN2CCC2)ccc1OCc1cccc(COc2ccc(CN3CCC3)cc2C)c1Cl. The molecule has 4 nitrogen and oxygen atoms in total. The zero-order valence-electron chi connectivity index (χ0n) is 22.9. The molecule has 37 heavy (non-hydrogen) atoms. The maximum absolute atomic E-state index is 6.76. The van der Waals surface area contributed by atoms with Crippen LogP contribution in [0.15, 0.2) is 54.6 Å². The van der Waals surface area contributed by atoms with Gasteiger partial charge in [0.25, 0.3) is 0 Å². The molecule has 2 aliphatic rings. The van der Waals surface area contributed by atoms with Crippen molar-refractivity contribution < 1.29 is 9.47 Å². The first-order valence-corrected chi connectivity index (χ1v) is 14.1. The van der Waals surface area contributed by atoms with E-state index in [1.165, 1.54) is 50.1 Å². The van der Waals surface area contributed by atoms with Gasteiger partial charge >= 0.3 is 0 Å². The minimum atomic E-state index is 0.434. The van der Waals surface area contributed by atoms with Crippen LogP contribution in [0.5, 0.6) is 11.5 Å². The van der Waals surface area contributed by atoms with Crippen molar-refractivity contribution in [1.29, 1.82) is 0 Å². The minimum absolute atomic E-state index is 0.434. The van der Waals surface area contributed by atoms with E-state index in [0.29, 0.717) is 18.2 Å². The summed E-state index contributed by atoms with van der Waals surface area (Å²) in [6, 6.07) is 19.0. The number of nitrogens with zero attached hydrogens (tertiary/aromatic N) is 2. The van der Waals surface area contributed by atoms with Gasteiger partial charge in [-0.25, -0.2) is 0 Å². The predicted molar refractivity (Wildman–Crippen MR) is 154 cm³/mol. The molecule has 0 radical (unpaired) electrons. The Bertz CT molecular complexity index is 1080. The molecule has 2 saturated heterocycles. The molecule has 0 aliphatic carbocycles. The first-order valence-electron chi connectivity index (χ1n) is 13.7. The zero-order valence-corrected chi connectivity index (χ0v) is 23.6. The molecule has 3 aromatic carbocycles. The Kier molecular flexibility index (Phi) is 9.90. The molecule has 0 saturated carbocycles. The van der Waals surface area contributed by atoms with E-state index in [4.69, 9.17) is 21.1 Å². The number of halogens is 1. The van der Waals surface area contributed by atoms with Crippen LogP contribution in [0.3, 0.4) is 0 Å². The lowest BCUT2D eigenvalue weighted by Gasteiger charge is -2.30. The summed E-state index contributed by atoms with van der Waals surface area (Å²) in [5.41, 5.74) is 6.95. The topological polar surface area (TPSA) is 24.9 Å². The second-order valence-electron chi connectivity index (χ2n) is 9.93. The van der Waals surface area contributed by atoms with E-state index in [1.54, 1.807) is 0 Å². The molecule has 3 aromatic rings. The second kappa shape index (κ2) is 13.3. The molecule has 2 aliphatic heterocycles. The molecule has 0 bridgehead atoms. The van der Waals surface area contributed by atoms with Gasteiger partial charge in [-0.2, -0.15) is 0 Å². The van der Waals surface area contributed by atoms with Crippen LogP contribution in [0.1, 0.15) is 60.1 Å². The molecule has 0 unspecified atom stereocenters. The standard InChI is InChI=1S/C30H35ClN2O2.C2H6/c1-22-16-24(18-32-12-4-13-32)8-10-28(22)34-20-26-6-3-7-27(30(26)31)21-35-29-11-9-25(17-23(29)2)19-33-14-5-15-33;1-2/h3,6-11,16-17H,4-5,12-15,18-21H2,1-2H3;1-2H3. The fourth-order valence-electron chi connectivity index (χ4n) is 4.71. The van der Waals surface area contributed by atoms with E-state index in [1.807, 2.05) is 32.0 Å². The van der Waals surface area contributed by atoms with E-state index in [9.17, 15) is 0 Å². The van der Waals surface area contributed by atoms with Crippen molar-refractivity contribution in [1.82, 2.24) is 9.80 Å². The van der Waals surface area contributed by atoms with Gasteiger partial charge in [0.15, 0.2) is 0 Å². The summed E-state index contributed by atoms with van der Waals surface area (Å²) >= 11 is 6.76. The first-order chi connectivity index (χ1) is 18.0. The third-order valence-corrected chi connectivity index (χ3v) is 7.60. The molecule has 0 spiro atoms. The van der Waals surface area contributed by atoms with Crippen LogP contribution < -0.4 is 9.47 Å². The van der Waals surface area contributed by atoms with Crippen LogP contribution in [-0.4, -0.2) is 36.0 Å². The van der Waals surface area contributed by atoms with Crippen molar-refractivity contribution in [3.8, 4) is 11.5 Å². The van der Waals surface area contributed by atoms with E-state index in [-0.39, 0.29) is 0 Å². The van der Waals surface area contributed by atoms with Gasteiger partial charge in [-0.3, -0.25) is 9.80 Å². The zero-order chi connectivity index (χ0) is 26.2. The van der Waals surface area contributed by atoms with E-state index in [2.05, 4.69) is 60.0 Å². The highest BCUT2D eigenvalue weighted by Crippen LogP contribution is 2.28. The number of aryl methyl sites for hydroxylation is 2. The molecule has 5 rings (SSSR count). The number of hydrogen-bond donors (Lipinski definition) is 0. The highest BCUT2D eigenvalue weighted by molar-refractivity contribution is 6.32. The van der Waals surface area contributed by atoms with Crippen LogP contribution in [0.4, 0.5) is 0 Å². The van der Waals surface area contributed by atoms with Crippen LogP contribution >= 0.6 is 11.6 Å². The van der Waals surface area contributed by atoms with Crippen LogP contribution in [0.25, 0.3) is 0 Å². The molecule has 0 aromatic heterocycles. The number of likely N-dealkylation sites (tertiary alicyclic amines) is 2. The van der Waals surface area contributed by atoms with Gasteiger partial charge in [0.05, 0.1) is 5.02 Å². The Morgan fingerprint density at radius 1 is 0.676 bits per heavy atom. The normalized spacial score (nSPS) is 15.3. The molecule has 0 amide bonds. The molecule has 2 heterocycles. The quantitative estimate of drug-likeness (QED) is 0.275. The van der Waals surface area contributed by atoms with E-state index in [0.717, 1.165) is 46.8 Å². The van der Waals surface area contributed by atoms with Gasteiger partial charge < -0.3 is 9.47 Å². The number of ether oxygens (including phenoxy) is 2. The summed E-state index contributed by atoms with van der Waals surface area (Å²) in [5.74, 6) is 1.81. The van der Waals surface area contributed by atoms with Gasteiger partial charge in [0.1, 0.15) is 24.7 Å². The second-order valence-corrected chi connectivity index (χ2v) is 10.3. The maximum Gasteiger partial charge on any atom is 0.122 e. The van der Waals surface area contributed by atoms with Gasteiger partial charge in [-0.15, -0.1) is 0 Å². The van der Waals surface area contributed by atoms with Crippen molar-refractivity contribution in [2.24, 2.45) is 0 Å². The third-order valence-electron chi connectivity index (χ3n) is 7.11. The Hall–Kier alpha value is -2.53. The molecule has 0 N–H and O–H groups in total. The van der Waals surface area contributed by atoms with Crippen molar-refractivity contribution in [2.75, 3.05) is 26.2 Å². The minimum Gasteiger partial charge on any atom is -0.489 e. The highest BCUT2D eigenvalue weighted by atomic mass is 35.5. The lowest BCUT2D eigenvalue weighted by molar-refractivity contribution is 0.172. The van der Waals surface area contributed by atoms with Gasteiger partial charge in [0, 0.05) is 24.2 Å². The summed E-state index contributed by atoms with van der Waals surface area (Å²) < 4.78 is 12.3. The van der Waals surface area contributed by atoms with Crippen LogP contribution in [0.2, 0.25) is 5.02 Å². The van der Waals surface area contributed by atoms with E-state index < -0.39 is 0 Å². The van der Waals surface area contributed by atoms with Gasteiger partial charge in [-0.1, -0.05) is 67.9 Å². The van der Waals surface area contributed by atoms with Gasteiger partial charge in [-0.05, 0) is 87.3 Å². The average molecular weight is 521 g/mol. The number of benzene rings is 3. The van der Waals surface area contributed by atoms with Crippen LogP contribution in [-0.2, 0) is 26.3 Å². The summed E-state index contributed by atoms with van der Waals surface area (Å²) in [4.78, 5) is 4.93. The molecular formula is C32H41ClN2O2. The Morgan fingerprint density at radius 3 is 1.46 bits per heavy atom. The number of rotatable bonds is 10. The summed E-state index contributed by atoms with van der Waals surface area (Å²) in [7, 11) is 0. The molecule has 5 heteroatoms. The largest absolute Gasteiger partial charge is 0.489 e. The van der Waals surface area contributed by atoms with Crippen molar-refractivity contribution in [2.45, 2.75) is 66.8 Å². The van der Waals surface area contributed by atoms with Crippen molar-refractivity contribution >= 4 is 11.6 Å². The fourth-order valence-corrected chi connectivity index (χ4v) is 4.94. The molecule has 2 fully saturated rings. The smallest absolute Gasteiger partial charge is 0.122 e. The highest BCUT2D eigenvalue weighted by Gasteiger charge is 2.16. The predicted octanol–water partition coefficient (Wildman–Crippen LogP) is 7.55. The molecule has 198 valence electrons. The average Bonchev–Trinajstić information content (AvgIpc) is 2.85. The lowest BCUT2D eigenvalue weighted by Crippen LogP contribution is -2.36. The summed E-state index contributed by atoms with van der Waals surface area (Å²) in [5, 5.41) is 0.714. The van der Waals surface area contributed by atoms with Crippen molar-refractivity contribution in [3.63, 3.8) is 0 Å². The Labute approximate surface area is 228 Å². The lowest BCUT2D eigenvalue weighted by atomic mass is 10.1. The summed E-state index contributed by atoms with van der Waals surface area (Å²) in [6.45, 7) is 16.0. The maximum atomic E-state index is 6.76. The third kappa shape index (κ3) is 7.28. The summed E-state index contributed by atoms with van der Waals surface area (Å²) in [6.07, 6.45) is 2.63. The molecule has 0 atom stereocenters. The Morgan fingerprint density at radius 2 is 1.11 bits per heavy atom. The van der Waals surface area contributed by atoms with E-state index >= 15 is 0 Å². The van der Waals surface area contributed by atoms with Crippen molar-refractivity contribution in [3.05, 3.63) is 93.0 Å². The Balaban J connectivity index is 0.00000156. The fraction of sp³-hybridized carbons (Fsp3) is 0.438.